The lowest BCUT2D eigenvalue weighted by Crippen LogP contribution is -1.97. The highest BCUT2D eigenvalue weighted by Crippen LogP contribution is 2.07. The van der Waals surface area contributed by atoms with Crippen molar-refractivity contribution in [1.82, 2.24) is 0 Å². The highest BCUT2D eigenvalue weighted by Gasteiger charge is 1.99. The van der Waals surface area contributed by atoms with Crippen molar-refractivity contribution in [2.24, 2.45) is 0 Å². The SMILES string of the molecule is CC1=C(O)C=COC1. The molecule has 1 aliphatic rings. The highest BCUT2D eigenvalue weighted by molar-refractivity contribution is 5.19. The minimum absolute atomic E-state index is 0.330. The fourth-order valence-electron chi connectivity index (χ4n) is 0.502. The quantitative estimate of drug-likeness (QED) is 0.512. The zero-order chi connectivity index (χ0) is 5.98. The molecule has 0 aromatic rings. The lowest BCUT2D eigenvalue weighted by atomic mass is 10.2. The largest absolute Gasteiger partial charge is 0.508 e. The van der Waals surface area contributed by atoms with Crippen molar-refractivity contribution in [1.29, 1.82) is 0 Å². The summed E-state index contributed by atoms with van der Waals surface area (Å²) in [6, 6.07) is 0. The zero-order valence-corrected chi connectivity index (χ0v) is 4.72. The molecule has 8 heavy (non-hydrogen) atoms. The van der Waals surface area contributed by atoms with Crippen LogP contribution in [0.3, 0.4) is 0 Å². The summed E-state index contributed by atoms with van der Waals surface area (Å²) < 4.78 is 4.85. The Labute approximate surface area is 48.1 Å². The molecule has 2 nitrogen and oxygen atoms in total. The first-order valence-electron chi connectivity index (χ1n) is 2.47. The summed E-state index contributed by atoms with van der Waals surface area (Å²) in [5, 5.41) is 8.89. The van der Waals surface area contributed by atoms with E-state index in [1.165, 1.54) is 6.26 Å². The van der Waals surface area contributed by atoms with Crippen LogP contribution in [0.2, 0.25) is 0 Å². The Morgan fingerprint density at radius 2 is 2.50 bits per heavy atom. The molecule has 0 spiro atoms. The monoisotopic (exact) mass is 112 g/mol. The molecular formula is C6H8O2. The van der Waals surface area contributed by atoms with Gasteiger partial charge in [-0.05, 0) is 6.92 Å². The van der Waals surface area contributed by atoms with Crippen molar-refractivity contribution >= 4 is 0 Å². The molecule has 2 heteroatoms. The van der Waals surface area contributed by atoms with Gasteiger partial charge in [-0.1, -0.05) is 0 Å². The molecule has 0 saturated heterocycles. The first-order chi connectivity index (χ1) is 3.80. The van der Waals surface area contributed by atoms with Gasteiger partial charge in [0.05, 0.1) is 6.26 Å². The van der Waals surface area contributed by atoms with Gasteiger partial charge in [0.1, 0.15) is 12.4 Å². The number of hydrogen-bond acceptors (Lipinski definition) is 2. The normalized spacial score (nSPS) is 18.6. The van der Waals surface area contributed by atoms with Gasteiger partial charge in [0.2, 0.25) is 0 Å². The van der Waals surface area contributed by atoms with Gasteiger partial charge in [0, 0.05) is 11.6 Å². The van der Waals surface area contributed by atoms with Crippen LogP contribution in [0.1, 0.15) is 6.92 Å². The van der Waals surface area contributed by atoms with Gasteiger partial charge < -0.3 is 9.84 Å². The number of hydrogen-bond donors (Lipinski definition) is 1. The van der Waals surface area contributed by atoms with E-state index in [1.807, 2.05) is 6.92 Å². The smallest absolute Gasteiger partial charge is 0.120 e. The second kappa shape index (κ2) is 1.90. The van der Waals surface area contributed by atoms with Crippen LogP contribution >= 0.6 is 0 Å². The van der Waals surface area contributed by atoms with Crippen molar-refractivity contribution in [3.8, 4) is 0 Å². The molecule has 0 bridgehead atoms. The molecular weight excluding hydrogens is 104 g/mol. The number of ether oxygens (including phenoxy) is 1. The highest BCUT2D eigenvalue weighted by atomic mass is 16.5. The molecule has 0 unspecified atom stereocenters. The molecule has 0 atom stereocenters. The van der Waals surface area contributed by atoms with Crippen LogP contribution in [0.15, 0.2) is 23.7 Å². The van der Waals surface area contributed by atoms with Crippen molar-refractivity contribution in [2.75, 3.05) is 6.61 Å². The minimum Gasteiger partial charge on any atom is -0.508 e. The van der Waals surface area contributed by atoms with E-state index in [9.17, 15) is 0 Å². The van der Waals surface area contributed by atoms with Crippen LogP contribution < -0.4 is 0 Å². The van der Waals surface area contributed by atoms with E-state index >= 15 is 0 Å². The van der Waals surface area contributed by atoms with Crippen LogP contribution in [0.25, 0.3) is 0 Å². The summed E-state index contributed by atoms with van der Waals surface area (Å²) in [5.74, 6) is 0.330. The fraction of sp³-hybridized carbons (Fsp3) is 0.333. The first kappa shape index (κ1) is 5.22. The first-order valence-corrected chi connectivity index (χ1v) is 2.47. The molecule has 0 radical (unpaired) electrons. The number of allylic oxidation sites excluding steroid dienone is 1. The van der Waals surface area contributed by atoms with E-state index in [2.05, 4.69) is 0 Å². The second-order valence-electron chi connectivity index (χ2n) is 1.78. The fourth-order valence-corrected chi connectivity index (χ4v) is 0.502. The van der Waals surface area contributed by atoms with Gasteiger partial charge in [-0.2, -0.15) is 0 Å². The molecule has 0 amide bonds. The van der Waals surface area contributed by atoms with Gasteiger partial charge in [-0.25, -0.2) is 0 Å². The maximum absolute atomic E-state index is 8.89. The molecule has 0 fully saturated rings. The predicted molar refractivity (Wildman–Crippen MR) is 30.4 cm³/mol. The van der Waals surface area contributed by atoms with Gasteiger partial charge in [0.25, 0.3) is 0 Å². The number of aliphatic hydroxyl groups is 1. The summed E-state index contributed by atoms with van der Waals surface area (Å²) in [5.41, 5.74) is 0.882. The number of rotatable bonds is 0. The van der Waals surface area contributed by atoms with Crippen LogP contribution in [0.5, 0.6) is 0 Å². The van der Waals surface area contributed by atoms with Crippen molar-refractivity contribution in [3.05, 3.63) is 23.7 Å². The number of aliphatic hydroxyl groups excluding tert-OH is 1. The Kier molecular flexibility index (Phi) is 1.24. The molecule has 0 saturated carbocycles. The summed E-state index contributed by atoms with van der Waals surface area (Å²) in [4.78, 5) is 0. The Morgan fingerprint density at radius 1 is 1.75 bits per heavy atom. The van der Waals surface area contributed by atoms with E-state index in [4.69, 9.17) is 9.84 Å². The second-order valence-corrected chi connectivity index (χ2v) is 1.78. The summed E-state index contributed by atoms with van der Waals surface area (Å²) in [6.45, 7) is 2.35. The lowest BCUT2D eigenvalue weighted by Gasteiger charge is -2.06. The van der Waals surface area contributed by atoms with Crippen LogP contribution in [-0.2, 0) is 4.74 Å². The Balaban J connectivity index is 2.76. The molecule has 1 aliphatic heterocycles. The van der Waals surface area contributed by atoms with Crippen LogP contribution in [0.4, 0.5) is 0 Å². The van der Waals surface area contributed by atoms with Gasteiger partial charge in [-0.15, -0.1) is 0 Å². The molecule has 0 aromatic carbocycles. The van der Waals surface area contributed by atoms with Crippen LogP contribution in [-0.4, -0.2) is 11.7 Å². The van der Waals surface area contributed by atoms with Crippen molar-refractivity contribution in [3.63, 3.8) is 0 Å². The molecule has 0 aliphatic carbocycles. The van der Waals surface area contributed by atoms with E-state index in [1.54, 1.807) is 6.08 Å². The molecule has 1 heterocycles. The lowest BCUT2D eigenvalue weighted by molar-refractivity contribution is 0.259. The Bertz CT molecular complexity index is 145. The van der Waals surface area contributed by atoms with Gasteiger partial charge >= 0.3 is 0 Å². The summed E-state index contributed by atoms with van der Waals surface area (Å²) in [6.07, 6.45) is 3.03. The molecule has 1 rings (SSSR count). The third kappa shape index (κ3) is 0.832. The minimum atomic E-state index is 0.330. The van der Waals surface area contributed by atoms with E-state index in [0.29, 0.717) is 12.4 Å². The Morgan fingerprint density at radius 3 is 2.88 bits per heavy atom. The maximum atomic E-state index is 8.89. The van der Waals surface area contributed by atoms with E-state index < -0.39 is 0 Å². The summed E-state index contributed by atoms with van der Waals surface area (Å²) >= 11 is 0. The van der Waals surface area contributed by atoms with E-state index in [0.717, 1.165) is 5.57 Å². The van der Waals surface area contributed by atoms with Gasteiger partial charge in [0.15, 0.2) is 0 Å². The molecule has 1 N–H and O–H groups in total. The van der Waals surface area contributed by atoms with Crippen LogP contribution in [0, 0.1) is 0 Å². The summed E-state index contributed by atoms with van der Waals surface area (Å²) in [7, 11) is 0. The average molecular weight is 112 g/mol. The predicted octanol–water partition coefficient (Wildman–Crippen LogP) is 1.36. The average Bonchev–Trinajstić information content (AvgIpc) is 1.77. The zero-order valence-electron chi connectivity index (χ0n) is 4.72. The molecule has 44 valence electrons. The third-order valence-electron chi connectivity index (χ3n) is 1.06. The van der Waals surface area contributed by atoms with Gasteiger partial charge in [-0.3, -0.25) is 0 Å². The third-order valence-corrected chi connectivity index (χ3v) is 1.06. The topological polar surface area (TPSA) is 29.5 Å². The standard InChI is InChI=1S/C6H8O2/c1-5-4-8-3-2-6(5)7/h2-3,7H,4H2,1H3. The maximum Gasteiger partial charge on any atom is 0.120 e. The molecule has 0 aromatic heterocycles. The van der Waals surface area contributed by atoms with Crippen molar-refractivity contribution < 1.29 is 9.84 Å². The van der Waals surface area contributed by atoms with Crippen molar-refractivity contribution in [2.45, 2.75) is 6.92 Å². The Hall–Kier alpha value is -0.920. The van der Waals surface area contributed by atoms with E-state index in [-0.39, 0.29) is 0 Å².